The Labute approximate surface area is 241 Å². The van der Waals surface area contributed by atoms with E-state index in [2.05, 4.69) is 35.6 Å². The standard InChI is InChI=1S/C31H41N5O3S/c1-22(2)11-14-36-23(3)26(19-28(36)27-21-40-30(32-27)24-7-9-25(39-4)10-8-24)31(38)35-17-15-33(16-18-35)20-29(37)34-12-5-6-13-34/h7-10,19,21-22H,5-6,11-18,20H2,1-4H3. The first-order valence-electron chi connectivity index (χ1n) is 14.4. The lowest BCUT2D eigenvalue weighted by atomic mass is 10.1. The summed E-state index contributed by atoms with van der Waals surface area (Å²) in [7, 11) is 1.67. The predicted octanol–water partition coefficient (Wildman–Crippen LogP) is 5.02. The summed E-state index contributed by atoms with van der Waals surface area (Å²) in [4.78, 5) is 37.4. The molecule has 2 aromatic heterocycles. The zero-order valence-electron chi connectivity index (χ0n) is 24.2. The largest absolute Gasteiger partial charge is 0.497 e. The van der Waals surface area contributed by atoms with Crippen LogP contribution in [0.2, 0.25) is 0 Å². The molecule has 0 N–H and O–H groups in total. The van der Waals surface area contributed by atoms with Crippen LogP contribution in [0.3, 0.4) is 0 Å². The van der Waals surface area contributed by atoms with Gasteiger partial charge in [-0.3, -0.25) is 14.5 Å². The molecule has 0 atom stereocenters. The van der Waals surface area contributed by atoms with Crippen molar-refractivity contribution < 1.29 is 14.3 Å². The third-order valence-electron chi connectivity index (χ3n) is 8.11. The van der Waals surface area contributed by atoms with Crippen LogP contribution in [-0.2, 0) is 11.3 Å². The summed E-state index contributed by atoms with van der Waals surface area (Å²) in [5.74, 6) is 1.66. The minimum absolute atomic E-state index is 0.0678. The Morgan fingerprint density at radius 3 is 2.35 bits per heavy atom. The molecule has 0 saturated carbocycles. The van der Waals surface area contributed by atoms with Gasteiger partial charge in [0.05, 0.1) is 30.6 Å². The second-order valence-corrected chi connectivity index (χ2v) is 12.1. The maximum atomic E-state index is 13.8. The number of carbonyl (C=O) groups excluding carboxylic acids is 2. The number of hydrogen-bond acceptors (Lipinski definition) is 6. The van der Waals surface area contributed by atoms with Gasteiger partial charge in [0.25, 0.3) is 5.91 Å². The van der Waals surface area contributed by atoms with Gasteiger partial charge in [0, 0.05) is 62.5 Å². The summed E-state index contributed by atoms with van der Waals surface area (Å²) in [5, 5.41) is 3.03. The zero-order valence-corrected chi connectivity index (χ0v) is 25.0. The van der Waals surface area contributed by atoms with Crippen LogP contribution in [0.4, 0.5) is 0 Å². The van der Waals surface area contributed by atoms with Crippen LogP contribution in [-0.4, -0.2) is 89.0 Å². The Morgan fingerprint density at radius 2 is 1.70 bits per heavy atom. The molecule has 4 heterocycles. The molecular formula is C31H41N5O3S. The van der Waals surface area contributed by atoms with Crippen LogP contribution >= 0.6 is 11.3 Å². The fourth-order valence-corrected chi connectivity index (χ4v) is 6.36. The first kappa shape index (κ1) is 28.4. The molecule has 0 unspecified atom stereocenters. The summed E-state index contributed by atoms with van der Waals surface area (Å²) in [6.07, 6.45) is 3.24. The van der Waals surface area contributed by atoms with Crippen molar-refractivity contribution in [1.82, 2.24) is 24.3 Å². The lowest BCUT2D eigenvalue weighted by Crippen LogP contribution is -2.51. The van der Waals surface area contributed by atoms with Gasteiger partial charge in [-0.05, 0) is 62.4 Å². The van der Waals surface area contributed by atoms with Gasteiger partial charge in [0.1, 0.15) is 10.8 Å². The molecule has 8 nitrogen and oxygen atoms in total. The van der Waals surface area contributed by atoms with Gasteiger partial charge in [-0.2, -0.15) is 0 Å². The average molecular weight is 564 g/mol. The van der Waals surface area contributed by atoms with E-state index in [-0.39, 0.29) is 11.8 Å². The highest BCUT2D eigenvalue weighted by Crippen LogP contribution is 2.33. The molecule has 3 aromatic rings. The Bertz CT molecular complexity index is 1320. The number of aromatic nitrogens is 2. The molecular weight excluding hydrogens is 522 g/mol. The van der Waals surface area contributed by atoms with Gasteiger partial charge in [0.15, 0.2) is 0 Å². The molecule has 0 aliphatic carbocycles. The second kappa shape index (κ2) is 12.6. The Hall–Kier alpha value is -3.17. The molecule has 5 rings (SSSR count). The average Bonchev–Trinajstić information content (AvgIpc) is 3.73. The second-order valence-electron chi connectivity index (χ2n) is 11.3. The summed E-state index contributed by atoms with van der Waals surface area (Å²) in [5.41, 5.74) is 4.68. The van der Waals surface area contributed by atoms with Gasteiger partial charge < -0.3 is 19.1 Å². The number of likely N-dealkylation sites (tertiary alicyclic amines) is 1. The van der Waals surface area contributed by atoms with E-state index in [1.54, 1.807) is 18.4 Å². The molecule has 2 aliphatic rings. The van der Waals surface area contributed by atoms with E-state index < -0.39 is 0 Å². The molecule has 0 bridgehead atoms. The van der Waals surface area contributed by atoms with Crippen molar-refractivity contribution in [3.8, 4) is 27.7 Å². The van der Waals surface area contributed by atoms with Gasteiger partial charge in [-0.25, -0.2) is 4.98 Å². The van der Waals surface area contributed by atoms with Crippen molar-refractivity contribution in [2.75, 3.05) is 52.9 Å². The molecule has 2 saturated heterocycles. The molecule has 214 valence electrons. The predicted molar refractivity (Wildman–Crippen MR) is 160 cm³/mol. The molecule has 2 aliphatic heterocycles. The minimum Gasteiger partial charge on any atom is -0.497 e. The fraction of sp³-hybridized carbons (Fsp3) is 0.516. The number of carbonyl (C=O) groups is 2. The van der Waals surface area contributed by atoms with Gasteiger partial charge in [-0.15, -0.1) is 11.3 Å². The number of ether oxygens (including phenoxy) is 1. The molecule has 0 radical (unpaired) electrons. The van der Waals surface area contributed by atoms with Crippen molar-refractivity contribution in [2.45, 2.75) is 46.6 Å². The molecule has 0 spiro atoms. The molecule has 2 fully saturated rings. The normalized spacial score (nSPS) is 16.2. The fourth-order valence-electron chi connectivity index (χ4n) is 5.54. The van der Waals surface area contributed by atoms with Gasteiger partial charge in [-0.1, -0.05) is 13.8 Å². The van der Waals surface area contributed by atoms with E-state index in [0.29, 0.717) is 25.6 Å². The first-order chi connectivity index (χ1) is 19.3. The highest BCUT2D eigenvalue weighted by atomic mass is 32.1. The third-order valence-corrected chi connectivity index (χ3v) is 9.00. The van der Waals surface area contributed by atoms with Crippen LogP contribution in [0.15, 0.2) is 35.7 Å². The molecule has 2 amide bonds. The maximum absolute atomic E-state index is 13.8. The number of nitrogens with zero attached hydrogens (tertiary/aromatic N) is 5. The number of amides is 2. The van der Waals surface area contributed by atoms with E-state index in [1.165, 1.54) is 0 Å². The van der Waals surface area contributed by atoms with Crippen molar-refractivity contribution in [3.05, 3.63) is 47.0 Å². The van der Waals surface area contributed by atoms with Gasteiger partial charge >= 0.3 is 0 Å². The van der Waals surface area contributed by atoms with E-state index in [1.807, 2.05) is 40.1 Å². The summed E-state index contributed by atoms with van der Waals surface area (Å²) in [6, 6.07) is 9.99. The van der Waals surface area contributed by atoms with E-state index in [4.69, 9.17) is 9.72 Å². The summed E-state index contributed by atoms with van der Waals surface area (Å²) < 4.78 is 7.57. The zero-order chi connectivity index (χ0) is 28.2. The van der Waals surface area contributed by atoms with E-state index in [9.17, 15) is 9.59 Å². The van der Waals surface area contributed by atoms with Crippen molar-refractivity contribution >= 4 is 23.2 Å². The third kappa shape index (κ3) is 6.25. The van der Waals surface area contributed by atoms with Crippen LogP contribution < -0.4 is 4.74 Å². The van der Waals surface area contributed by atoms with Crippen LogP contribution in [0.5, 0.6) is 5.75 Å². The highest BCUT2D eigenvalue weighted by Gasteiger charge is 2.28. The minimum atomic E-state index is 0.0678. The monoisotopic (exact) mass is 563 g/mol. The van der Waals surface area contributed by atoms with E-state index >= 15 is 0 Å². The number of benzene rings is 1. The number of methoxy groups -OCH3 is 1. The van der Waals surface area contributed by atoms with Crippen LogP contribution in [0.25, 0.3) is 22.0 Å². The summed E-state index contributed by atoms with van der Waals surface area (Å²) in [6.45, 7) is 12.3. The Morgan fingerprint density at radius 1 is 1.00 bits per heavy atom. The SMILES string of the molecule is COc1ccc(-c2nc(-c3cc(C(=O)N4CCN(CC(=O)N5CCCC5)CC4)c(C)n3CCC(C)C)cs2)cc1. The molecule has 9 heteroatoms. The molecule has 40 heavy (non-hydrogen) atoms. The molecule has 1 aromatic carbocycles. The van der Waals surface area contributed by atoms with Crippen LogP contribution in [0.1, 0.15) is 49.2 Å². The van der Waals surface area contributed by atoms with Crippen molar-refractivity contribution in [1.29, 1.82) is 0 Å². The van der Waals surface area contributed by atoms with Crippen molar-refractivity contribution in [2.24, 2.45) is 5.92 Å². The summed E-state index contributed by atoms with van der Waals surface area (Å²) >= 11 is 1.61. The van der Waals surface area contributed by atoms with Gasteiger partial charge in [0.2, 0.25) is 5.91 Å². The quantitative estimate of drug-likeness (QED) is 0.366. The number of rotatable bonds is 9. The number of thiazole rings is 1. The number of hydrogen-bond donors (Lipinski definition) is 0. The topological polar surface area (TPSA) is 70.9 Å². The van der Waals surface area contributed by atoms with Crippen molar-refractivity contribution in [3.63, 3.8) is 0 Å². The van der Waals surface area contributed by atoms with E-state index in [0.717, 1.165) is 91.0 Å². The smallest absolute Gasteiger partial charge is 0.255 e. The first-order valence-corrected chi connectivity index (χ1v) is 15.3. The number of piperazine rings is 1. The van der Waals surface area contributed by atoms with Crippen LogP contribution in [0, 0.1) is 12.8 Å². The highest BCUT2D eigenvalue weighted by molar-refractivity contribution is 7.13. The lowest BCUT2D eigenvalue weighted by molar-refractivity contribution is -0.131. The lowest BCUT2D eigenvalue weighted by Gasteiger charge is -2.35. The maximum Gasteiger partial charge on any atom is 0.255 e. The Kier molecular flexibility index (Phi) is 8.90. The Balaban J connectivity index is 1.32.